The number of amides is 1. The van der Waals surface area contributed by atoms with E-state index in [1.54, 1.807) is 6.20 Å². The van der Waals surface area contributed by atoms with Crippen molar-refractivity contribution in [2.75, 3.05) is 13.3 Å². The molecule has 16 heteroatoms. The third-order valence-corrected chi connectivity index (χ3v) is 3.73. The molecule has 0 aliphatic carbocycles. The highest BCUT2D eigenvalue weighted by molar-refractivity contribution is 6.32. The summed E-state index contributed by atoms with van der Waals surface area (Å²) >= 11 is 0. The molecule has 2 aromatic rings. The van der Waals surface area contributed by atoms with Gasteiger partial charge in [-0.05, 0) is 29.7 Å². The first-order valence-electron chi connectivity index (χ1n) is 8.70. The highest BCUT2D eigenvalue weighted by Gasteiger charge is 2.17. The van der Waals surface area contributed by atoms with Crippen LogP contribution < -0.4 is 11.1 Å². The number of rotatable bonds is 13. The van der Waals surface area contributed by atoms with Crippen LogP contribution in [0.3, 0.4) is 0 Å². The van der Waals surface area contributed by atoms with Crippen molar-refractivity contribution >= 4 is 25.6 Å². The van der Waals surface area contributed by atoms with E-state index in [0.29, 0.717) is 30.8 Å². The Morgan fingerprint density at radius 3 is 2.86 bits per heavy atom. The number of hydrogen-bond acceptors (Lipinski definition) is 10. The number of nitrogens with two attached hydrogens (primary N) is 1. The summed E-state index contributed by atoms with van der Waals surface area (Å²) in [5, 5.41) is 38.6. The summed E-state index contributed by atoms with van der Waals surface area (Å²) in [6.45, 7) is -0.221. The second-order valence-electron chi connectivity index (χ2n) is 5.93. The van der Waals surface area contributed by atoms with Crippen molar-refractivity contribution in [1.29, 1.82) is 0 Å². The molecule has 1 amide bonds. The summed E-state index contributed by atoms with van der Waals surface area (Å²) in [5.74, 6) is 0.0262. The van der Waals surface area contributed by atoms with Crippen molar-refractivity contribution in [1.82, 2.24) is 40.5 Å². The van der Waals surface area contributed by atoms with Gasteiger partial charge in [0.1, 0.15) is 18.9 Å². The molecule has 0 saturated carbocycles. The molecule has 5 N–H and O–H groups in total. The highest BCUT2D eigenvalue weighted by atomic mass is 35.5. The van der Waals surface area contributed by atoms with Crippen LogP contribution in [0.4, 0.5) is 4.39 Å². The van der Waals surface area contributed by atoms with E-state index in [-0.39, 0.29) is 44.6 Å². The average molecular weight is 436 g/mol. The Hall–Kier alpha value is -2.20. The van der Waals surface area contributed by atoms with Crippen molar-refractivity contribution in [2.45, 2.75) is 44.9 Å². The third-order valence-electron chi connectivity index (χ3n) is 3.73. The number of carbonyl (C=O) groups excluding carboxylic acids is 1. The molecule has 2 rings (SSSR count). The van der Waals surface area contributed by atoms with Gasteiger partial charge < -0.3 is 25.8 Å². The molecule has 2 heterocycles. The Labute approximate surface area is 172 Å². The van der Waals surface area contributed by atoms with Gasteiger partial charge in [-0.1, -0.05) is 5.21 Å². The smallest absolute Gasteiger partial charge is 0.402 e. The number of alkyl halides is 1. The molecule has 0 aliphatic heterocycles. The molecule has 1 unspecified atom stereocenters. The Morgan fingerprint density at radius 1 is 1.34 bits per heavy atom. The second-order valence-corrected chi connectivity index (χ2v) is 5.93. The fraction of sp³-hybridized carbons (Fsp3) is 0.692. The van der Waals surface area contributed by atoms with Crippen LogP contribution in [-0.2, 0) is 29.1 Å². The molecular formula is C13H24BClFN9O4. The number of unbranched alkanes of at least 4 members (excludes halogenated alkanes) is 1. The zero-order valence-corrected chi connectivity index (χ0v) is 16.4. The molecular weight excluding hydrogens is 411 g/mol. The lowest BCUT2D eigenvalue weighted by atomic mass is 10.1. The van der Waals surface area contributed by atoms with E-state index in [2.05, 4.69) is 35.8 Å². The Bertz CT molecular complexity index is 735. The predicted octanol–water partition coefficient (Wildman–Crippen LogP) is -1.87. The van der Waals surface area contributed by atoms with Crippen LogP contribution in [0.2, 0.25) is 0 Å². The van der Waals surface area contributed by atoms with E-state index in [0.717, 1.165) is 0 Å². The van der Waals surface area contributed by atoms with Crippen LogP contribution in [0.5, 0.6) is 0 Å². The summed E-state index contributed by atoms with van der Waals surface area (Å²) in [4.78, 5) is 12.1. The molecule has 162 valence electrons. The van der Waals surface area contributed by atoms with Crippen molar-refractivity contribution in [3.63, 3.8) is 0 Å². The highest BCUT2D eigenvalue weighted by Crippen LogP contribution is 2.13. The van der Waals surface area contributed by atoms with Gasteiger partial charge in [0.15, 0.2) is 5.82 Å². The fourth-order valence-corrected chi connectivity index (χ4v) is 2.37. The zero-order chi connectivity index (χ0) is 20.4. The number of tetrazole rings is 1. The van der Waals surface area contributed by atoms with Gasteiger partial charge in [0.05, 0.1) is 25.3 Å². The molecule has 13 nitrogen and oxygen atoms in total. The molecule has 1 atom stereocenters. The molecule has 29 heavy (non-hydrogen) atoms. The maximum absolute atomic E-state index is 12.2. The van der Waals surface area contributed by atoms with E-state index < -0.39 is 20.0 Å². The maximum Gasteiger partial charge on any atom is 0.633 e. The standard InChI is InChI=1S/C13H23BFN9O4.ClH/c15-4-5-23-8-10(18-21-23)7-17-12(25)9-24-13(19-20-22-24)11(16)3-1-2-6-28-14(26)27;/h8,11,26-27H,1-7,9,16H2,(H,17,25);1H. The number of aryl methyl sites for hydroxylation is 1. The van der Waals surface area contributed by atoms with Crippen molar-refractivity contribution in [2.24, 2.45) is 5.73 Å². The molecule has 0 spiro atoms. The van der Waals surface area contributed by atoms with Gasteiger partial charge in [0, 0.05) is 6.61 Å². The van der Waals surface area contributed by atoms with Crippen LogP contribution >= 0.6 is 12.4 Å². The van der Waals surface area contributed by atoms with E-state index in [1.807, 2.05) is 0 Å². The van der Waals surface area contributed by atoms with Crippen LogP contribution in [-0.4, -0.2) is 71.8 Å². The van der Waals surface area contributed by atoms with E-state index in [1.165, 1.54) is 9.36 Å². The van der Waals surface area contributed by atoms with E-state index in [9.17, 15) is 9.18 Å². The number of halogens is 2. The van der Waals surface area contributed by atoms with Gasteiger partial charge in [-0.3, -0.25) is 4.79 Å². The predicted molar refractivity (Wildman–Crippen MR) is 99.8 cm³/mol. The SMILES string of the molecule is Cl.NC(CCCCOB(O)O)c1nnnn1CC(=O)NCc1cn(CCF)nn1. The Kier molecular flexibility index (Phi) is 11.2. The fourth-order valence-electron chi connectivity index (χ4n) is 2.37. The molecule has 2 aromatic heterocycles. The molecule has 0 bridgehead atoms. The van der Waals surface area contributed by atoms with Gasteiger partial charge in [0.25, 0.3) is 0 Å². The summed E-state index contributed by atoms with van der Waals surface area (Å²) in [6.07, 6.45) is 3.32. The Balaban J connectivity index is 0.00000420. The lowest BCUT2D eigenvalue weighted by Crippen LogP contribution is -2.29. The van der Waals surface area contributed by atoms with Crippen LogP contribution in [0.1, 0.15) is 36.8 Å². The summed E-state index contributed by atoms with van der Waals surface area (Å²) < 4.78 is 19.5. The van der Waals surface area contributed by atoms with Gasteiger partial charge in [-0.2, -0.15) is 0 Å². The summed E-state index contributed by atoms with van der Waals surface area (Å²) in [6, 6.07) is -0.484. The second kappa shape index (κ2) is 13.1. The number of carbonyl (C=O) groups is 1. The molecule has 0 saturated heterocycles. The van der Waals surface area contributed by atoms with Gasteiger partial charge in [-0.15, -0.1) is 22.6 Å². The van der Waals surface area contributed by atoms with E-state index in [4.69, 9.17) is 15.8 Å². The van der Waals surface area contributed by atoms with Crippen LogP contribution in [0, 0.1) is 0 Å². The largest absolute Gasteiger partial charge is 0.633 e. The van der Waals surface area contributed by atoms with Gasteiger partial charge >= 0.3 is 7.32 Å². The molecule has 0 radical (unpaired) electrons. The van der Waals surface area contributed by atoms with Crippen molar-refractivity contribution in [3.8, 4) is 0 Å². The first-order chi connectivity index (χ1) is 13.5. The molecule has 0 aliphatic rings. The quantitative estimate of drug-likeness (QED) is 0.205. The minimum Gasteiger partial charge on any atom is -0.402 e. The van der Waals surface area contributed by atoms with Gasteiger partial charge in [-0.25, -0.2) is 13.8 Å². The van der Waals surface area contributed by atoms with Crippen molar-refractivity contribution in [3.05, 3.63) is 17.7 Å². The van der Waals surface area contributed by atoms with Crippen molar-refractivity contribution < 1.29 is 23.9 Å². The summed E-state index contributed by atoms with van der Waals surface area (Å²) in [7, 11) is -1.78. The van der Waals surface area contributed by atoms with Crippen LogP contribution in [0.25, 0.3) is 0 Å². The Morgan fingerprint density at radius 2 is 2.14 bits per heavy atom. The first kappa shape index (κ1) is 24.8. The van der Waals surface area contributed by atoms with Gasteiger partial charge in [0.2, 0.25) is 5.91 Å². The monoisotopic (exact) mass is 435 g/mol. The third kappa shape index (κ3) is 8.78. The molecule has 0 aromatic carbocycles. The van der Waals surface area contributed by atoms with Crippen LogP contribution in [0.15, 0.2) is 6.20 Å². The zero-order valence-electron chi connectivity index (χ0n) is 15.6. The maximum atomic E-state index is 12.2. The lowest BCUT2D eigenvalue weighted by molar-refractivity contribution is -0.122. The average Bonchev–Trinajstić information content (AvgIpc) is 3.29. The number of aromatic nitrogens is 7. The normalized spacial score (nSPS) is 11.7. The number of nitrogens with one attached hydrogen (secondary N) is 1. The number of nitrogens with zero attached hydrogens (tertiary/aromatic N) is 7. The summed E-state index contributed by atoms with van der Waals surface area (Å²) in [5.41, 5.74) is 6.57. The van der Waals surface area contributed by atoms with E-state index >= 15 is 0 Å². The molecule has 0 fully saturated rings. The minimum atomic E-state index is -1.78. The topological polar surface area (TPSA) is 179 Å². The minimum absolute atomic E-state index is 0. The first-order valence-corrected chi connectivity index (χ1v) is 8.70. The lowest BCUT2D eigenvalue weighted by Gasteiger charge is -2.11. The number of hydrogen-bond donors (Lipinski definition) is 4.